The predicted octanol–water partition coefficient (Wildman–Crippen LogP) is 2.28. The third kappa shape index (κ3) is 4.97. The van der Waals surface area contributed by atoms with E-state index in [1.54, 1.807) is 24.3 Å². The average Bonchev–Trinajstić information content (AvgIpc) is 2.37. The van der Waals surface area contributed by atoms with Crippen LogP contribution in [0.5, 0.6) is 5.75 Å². The lowest BCUT2D eigenvalue weighted by Crippen LogP contribution is -2.25. The quantitative estimate of drug-likeness (QED) is 0.515. The molecule has 0 aliphatic heterocycles. The molecule has 1 aromatic carbocycles. The Bertz CT molecular complexity index is 332. The van der Waals surface area contributed by atoms with Crippen LogP contribution in [0.4, 0.5) is 0 Å². The summed E-state index contributed by atoms with van der Waals surface area (Å²) < 4.78 is 16.2. The maximum Gasteiger partial charge on any atom is 0.191 e. The zero-order valence-electron chi connectivity index (χ0n) is 10.2. The topological polar surface area (TPSA) is 44.8 Å². The van der Waals surface area contributed by atoms with Crippen LogP contribution in [0, 0.1) is 0 Å². The number of aldehydes is 1. The highest BCUT2D eigenvalue weighted by molar-refractivity contribution is 5.75. The van der Waals surface area contributed by atoms with E-state index < -0.39 is 0 Å². The van der Waals surface area contributed by atoms with Gasteiger partial charge in [-0.15, -0.1) is 0 Å². The van der Waals surface area contributed by atoms with Crippen molar-refractivity contribution in [1.29, 1.82) is 0 Å². The SMILES string of the molecule is CCOC(COc1cccc(C=O)c1)OCC. The Balaban J connectivity index is 2.49. The fraction of sp³-hybridized carbons (Fsp3) is 0.462. The monoisotopic (exact) mass is 238 g/mol. The van der Waals surface area contributed by atoms with Crippen molar-refractivity contribution in [3.05, 3.63) is 29.8 Å². The van der Waals surface area contributed by atoms with Gasteiger partial charge in [0.1, 0.15) is 18.6 Å². The van der Waals surface area contributed by atoms with E-state index in [1.165, 1.54) is 0 Å². The number of carbonyl (C=O) groups excluding carboxylic acids is 1. The minimum atomic E-state index is -0.370. The van der Waals surface area contributed by atoms with Gasteiger partial charge in [0.25, 0.3) is 0 Å². The third-order valence-corrected chi connectivity index (χ3v) is 2.09. The van der Waals surface area contributed by atoms with Crippen LogP contribution in [-0.2, 0) is 9.47 Å². The van der Waals surface area contributed by atoms with Crippen LogP contribution < -0.4 is 4.74 Å². The molecule has 0 aliphatic rings. The molecule has 0 saturated carbocycles. The highest BCUT2D eigenvalue weighted by Crippen LogP contribution is 2.12. The Kier molecular flexibility index (Phi) is 6.29. The van der Waals surface area contributed by atoms with E-state index in [4.69, 9.17) is 14.2 Å². The molecule has 0 fully saturated rings. The number of carbonyl (C=O) groups is 1. The second-order valence-electron chi connectivity index (χ2n) is 3.34. The Hall–Kier alpha value is -1.39. The maximum atomic E-state index is 10.6. The van der Waals surface area contributed by atoms with Crippen molar-refractivity contribution >= 4 is 6.29 Å². The molecule has 94 valence electrons. The fourth-order valence-electron chi connectivity index (χ4n) is 1.36. The van der Waals surface area contributed by atoms with E-state index in [1.807, 2.05) is 13.8 Å². The van der Waals surface area contributed by atoms with Gasteiger partial charge in [0.2, 0.25) is 0 Å². The second-order valence-corrected chi connectivity index (χ2v) is 3.34. The first-order chi connectivity index (χ1) is 8.30. The summed E-state index contributed by atoms with van der Waals surface area (Å²) in [5.41, 5.74) is 0.590. The lowest BCUT2D eigenvalue weighted by molar-refractivity contribution is -0.152. The van der Waals surface area contributed by atoms with Crippen LogP contribution in [-0.4, -0.2) is 32.4 Å². The number of rotatable bonds is 8. The van der Waals surface area contributed by atoms with E-state index >= 15 is 0 Å². The number of ether oxygens (including phenoxy) is 3. The Morgan fingerprint density at radius 1 is 1.24 bits per heavy atom. The Morgan fingerprint density at radius 2 is 1.94 bits per heavy atom. The van der Waals surface area contributed by atoms with Gasteiger partial charge in [-0.25, -0.2) is 0 Å². The summed E-state index contributed by atoms with van der Waals surface area (Å²) in [7, 11) is 0. The molecular formula is C13H18O4. The van der Waals surface area contributed by atoms with Crippen molar-refractivity contribution in [2.75, 3.05) is 19.8 Å². The van der Waals surface area contributed by atoms with E-state index in [2.05, 4.69) is 0 Å². The summed E-state index contributed by atoms with van der Waals surface area (Å²) in [6.45, 7) is 5.26. The summed E-state index contributed by atoms with van der Waals surface area (Å²) in [5, 5.41) is 0. The van der Waals surface area contributed by atoms with Crippen molar-refractivity contribution in [2.45, 2.75) is 20.1 Å². The normalized spacial score (nSPS) is 10.5. The molecule has 0 saturated heterocycles. The highest BCUT2D eigenvalue weighted by Gasteiger charge is 2.08. The molecule has 0 aromatic heterocycles. The number of hydrogen-bond donors (Lipinski definition) is 0. The average molecular weight is 238 g/mol. The van der Waals surface area contributed by atoms with Gasteiger partial charge in [-0.3, -0.25) is 4.79 Å². The van der Waals surface area contributed by atoms with Crippen LogP contribution in [0.3, 0.4) is 0 Å². The van der Waals surface area contributed by atoms with Gasteiger partial charge in [0.15, 0.2) is 6.29 Å². The predicted molar refractivity (Wildman–Crippen MR) is 64.4 cm³/mol. The van der Waals surface area contributed by atoms with Crippen LogP contribution in [0.1, 0.15) is 24.2 Å². The van der Waals surface area contributed by atoms with Gasteiger partial charge >= 0.3 is 0 Å². The van der Waals surface area contributed by atoms with Gasteiger partial charge in [-0.1, -0.05) is 12.1 Å². The number of benzene rings is 1. The van der Waals surface area contributed by atoms with Gasteiger partial charge in [-0.05, 0) is 26.0 Å². The molecule has 0 atom stereocenters. The number of hydrogen-bond acceptors (Lipinski definition) is 4. The summed E-state index contributed by atoms with van der Waals surface area (Å²) in [6.07, 6.45) is 0.417. The molecule has 4 nitrogen and oxygen atoms in total. The summed E-state index contributed by atoms with van der Waals surface area (Å²) in [4.78, 5) is 10.6. The van der Waals surface area contributed by atoms with E-state index in [-0.39, 0.29) is 6.29 Å². The van der Waals surface area contributed by atoms with Crippen LogP contribution in [0.2, 0.25) is 0 Å². The zero-order chi connectivity index (χ0) is 12.5. The van der Waals surface area contributed by atoms with Crippen LogP contribution in [0.25, 0.3) is 0 Å². The molecule has 0 unspecified atom stereocenters. The maximum absolute atomic E-state index is 10.6. The first-order valence-electron chi connectivity index (χ1n) is 5.71. The standard InChI is InChI=1S/C13H18O4/c1-3-15-13(16-4-2)10-17-12-7-5-6-11(8-12)9-14/h5-9,13H,3-4,10H2,1-2H3. The smallest absolute Gasteiger partial charge is 0.191 e. The van der Waals surface area contributed by atoms with Crippen LogP contribution >= 0.6 is 0 Å². The van der Waals surface area contributed by atoms with Gasteiger partial charge in [0.05, 0.1) is 0 Å². The van der Waals surface area contributed by atoms with Crippen molar-refractivity contribution < 1.29 is 19.0 Å². The minimum Gasteiger partial charge on any atom is -0.488 e. The van der Waals surface area contributed by atoms with Crippen molar-refractivity contribution in [3.8, 4) is 5.75 Å². The first-order valence-corrected chi connectivity index (χ1v) is 5.71. The molecule has 17 heavy (non-hydrogen) atoms. The van der Waals surface area contributed by atoms with Crippen molar-refractivity contribution in [2.24, 2.45) is 0 Å². The summed E-state index contributed by atoms with van der Waals surface area (Å²) >= 11 is 0. The Labute approximate surface area is 101 Å². The first kappa shape index (κ1) is 13.7. The molecule has 1 rings (SSSR count). The molecule has 1 aromatic rings. The molecule has 0 spiro atoms. The Morgan fingerprint density at radius 3 is 2.53 bits per heavy atom. The van der Waals surface area contributed by atoms with Crippen LogP contribution in [0.15, 0.2) is 24.3 Å². The van der Waals surface area contributed by atoms with Crippen molar-refractivity contribution in [3.63, 3.8) is 0 Å². The van der Waals surface area contributed by atoms with Gasteiger partial charge < -0.3 is 14.2 Å². The molecule has 0 aliphatic carbocycles. The van der Waals surface area contributed by atoms with Gasteiger partial charge in [0, 0.05) is 18.8 Å². The van der Waals surface area contributed by atoms with Gasteiger partial charge in [-0.2, -0.15) is 0 Å². The largest absolute Gasteiger partial charge is 0.488 e. The lowest BCUT2D eigenvalue weighted by atomic mass is 10.2. The van der Waals surface area contributed by atoms with Crippen molar-refractivity contribution in [1.82, 2.24) is 0 Å². The molecule has 0 radical (unpaired) electrons. The van der Waals surface area contributed by atoms with E-state index in [9.17, 15) is 4.79 Å². The van der Waals surface area contributed by atoms with E-state index in [0.29, 0.717) is 31.1 Å². The molecule has 4 heteroatoms. The summed E-state index contributed by atoms with van der Waals surface area (Å²) in [6, 6.07) is 6.97. The lowest BCUT2D eigenvalue weighted by Gasteiger charge is -2.17. The molecule has 0 heterocycles. The molecule has 0 bridgehead atoms. The highest BCUT2D eigenvalue weighted by atomic mass is 16.7. The second kappa shape index (κ2) is 7.81. The fourth-order valence-corrected chi connectivity index (χ4v) is 1.36. The molecule has 0 N–H and O–H groups in total. The minimum absolute atomic E-state index is 0.310. The molecule has 0 amide bonds. The van der Waals surface area contributed by atoms with E-state index in [0.717, 1.165) is 6.29 Å². The molecular weight excluding hydrogens is 220 g/mol. The zero-order valence-corrected chi connectivity index (χ0v) is 10.2. The summed E-state index contributed by atoms with van der Waals surface area (Å²) in [5.74, 6) is 0.638. The third-order valence-electron chi connectivity index (χ3n) is 2.09.